The summed E-state index contributed by atoms with van der Waals surface area (Å²) >= 11 is 0. The molecule has 1 rings (SSSR count). The Bertz CT molecular complexity index is 457. The zero-order chi connectivity index (χ0) is 16.1. The number of carbonyl (C=O) groups excluding carboxylic acids is 1. The van der Waals surface area contributed by atoms with Gasteiger partial charge in [0, 0.05) is 12.2 Å². The van der Waals surface area contributed by atoms with Gasteiger partial charge in [-0.15, -0.1) is 0 Å². The van der Waals surface area contributed by atoms with Gasteiger partial charge in [0.05, 0.1) is 5.60 Å². The van der Waals surface area contributed by atoms with Crippen molar-refractivity contribution < 1.29 is 9.90 Å². The van der Waals surface area contributed by atoms with Gasteiger partial charge < -0.3 is 15.7 Å². The van der Waals surface area contributed by atoms with Gasteiger partial charge in [-0.25, -0.2) is 4.79 Å². The van der Waals surface area contributed by atoms with Crippen molar-refractivity contribution in [1.82, 2.24) is 5.32 Å². The molecule has 0 spiro atoms. The summed E-state index contributed by atoms with van der Waals surface area (Å²) in [4.78, 5) is 11.8. The summed E-state index contributed by atoms with van der Waals surface area (Å²) in [5, 5.41) is 15.6. The minimum absolute atomic E-state index is 0.0968. The van der Waals surface area contributed by atoms with Gasteiger partial charge >= 0.3 is 6.03 Å². The Labute approximate surface area is 128 Å². The molecule has 0 bridgehead atoms. The molecule has 0 fully saturated rings. The number of hydrogen-bond acceptors (Lipinski definition) is 2. The molecule has 0 atom stereocenters. The van der Waals surface area contributed by atoms with Crippen LogP contribution in [-0.2, 0) is 5.41 Å². The van der Waals surface area contributed by atoms with Gasteiger partial charge in [0.25, 0.3) is 0 Å². The molecule has 0 saturated carbocycles. The van der Waals surface area contributed by atoms with Gasteiger partial charge in [-0.3, -0.25) is 0 Å². The van der Waals surface area contributed by atoms with E-state index in [1.165, 1.54) is 5.56 Å². The third-order valence-electron chi connectivity index (χ3n) is 3.90. The van der Waals surface area contributed by atoms with Gasteiger partial charge in [0.15, 0.2) is 0 Å². The van der Waals surface area contributed by atoms with Gasteiger partial charge in [-0.1, -0.05) is 46.8 Å². The fourth-order valence-electron chi connectivity index (χ4n) is 1.97. The molecule has 21 heavy (non-hydrogen) atoms. The predicted molar refractivity (Wildman–Crippen MR) is 87.7 cm³/mol. The number of benzene rings is 1. The second-order valence-electron chi connectivity index (χ2n) is 6.57. The lowest BCUT2D eigenvalue weighted by Gasteiger charge is -2.25. The molecular weight excluding hydrogens is 264 g/mol. The SMILES string of the molecule is CCC(O)(CC)CNC(=O)Nc1ccc(C(C)(C)C)cc1. The first kappa shape index (κ1) is 17.5. The highest BCUT2D eigenvalue weighted by molar-refractivity contribution is 5.89. The summed E-state index contributed by atoms with van der Waals surface area (Å²) in [6.45, 7) is 10.5. The van der Waals surface area contributed by atoms with Gasteiger partial charge in [-0.05, 0) is 36.0 Å². The third kappa shape index (κ3) is 5.38. The van der Waals surface area contributed by atoms with E-state index in [4.69, 9.17) is 0 Å². The first-order valence-electron chi connectivity index (χ1n) is 7.58. The van der Waals surface area contributed by atoms with E-state index in [0.717, 1.165) is 5.69 Å². The zero-order valence-electron chi connectivity index (χ0n) is 13.8. The largest absolute Gasteiger partial charge is 0.388 e. The van der Waals surface area contributed by atoms with Crippen molar-refractivity contribution in [2.75, 3.05) is 11.9 Å². The summed E-state index contributed by atoms with van der Waals surface area (Å²) in [5.41, 5.74) is 1.24. The maximum atomic E-state index is 11.8. The smallest absolute Gasteiger partial charge is 0.319 e. The van der Waals surface area contributed by atoms with Crippen molar-refractivity contribution in [3.8, 4) is 0 Å². The first-order chi connectivity index (χ1) is 9.70. The fraction of sp³-hybridized carbons (Fsp3) is 0.588. The van der Waals surface area contributed by atoms with Crippen molar-refractivity contribution in [2.45, 2.75) is 58.5 Å². The van der Waals surface area contributed by atoms with E-state index in [-0.39, 0.29) is 18.0 Å². The van der Waals surface area contributed by atoms with Crippen LogP contribution in [0.2, 0.25) is 0 Å². The topological polar surface area (TPSA) is 61.4 Å². The van der Waals surface area contributed by atoms with Crippen LogP contribution in [0.5, 0.6) is 0 Å². The maximum Gasteiger partial charge on any atom is 0.319 e. The van der Waals surface area contributed by atoms with Gasteiger partial charge in [-0.2, -0.15) is 0 Å². The highest BCUT2D eigenvalue weighted by atomic mass is 16.3. The summed E-state index contributed by atoms with van der Waals surface area (Å²) in [6, 6.07) is 7.53. The molecule has 1 aromatic rings. The molecule has 0 unspecified atom stereocenters. The van der Waals surface area contributed by atoms with E-state index in [0.29, 0.717) is 12.8 Å². The quantitative estimate of drug-likeness (QED) is 0.775. The van der Waals surface area contributed by atoms with Crippen LogP contribution in [-0.4, -0.2) is 23.3 Å². The van der Waals surface area contributed by atoms with Crippen molar-refractivity contribution in [3.63, 3.8) is 0 Å². The van der Waals surface area contributed by atoms with E-state index in [1.54, 1.807) is 0 Å². The average molecular weight is 292 g/mol. The second-order valence-corrected chi connectivity index (χ2v) is 6.57. The number of carbonyl (C=O) groups is 1. The molecule has 0 saturated heterocycles. The van der Waals surface area contributed by atoms with E-state index in [9.17, 15) is 9.90 Å². The van der Waals surface area contributed by atoms with E-state index < -0.39 is 5.60 Å². The normalized spacial score (nSPS) is 12.1. The number of nitrogens with one attached hydrogen (secondary N) is 2. The summed E-state index contributed by atoms with van der Waals surface area (Å²) in [6.07, 6.45) is 1.23. The highest BCUT2D eigenvalue weighted by Gasteiger charge is 2.22. The van der Waals surface area contributed by atoms with E-state index in [1.807, 2.05) is 38.1 Å². The summed E-state index contributed by atoms with van der Waals surface area (Å²) in [7, 11) is 0. The Morgan fingerprint density at radius 3 is 2.05 bits per heavy atom. The molecule has 3 N–H and O–H groups in total. The fourth-order valence-corrected chi connectivity index (χ4v) is 1.97. The van der Waals surface area contributed by atoms with Crippen molar-refractivity contribution in [1.29, 1.82) is 0 Å². The molecule has 4 nitrogen and oxygen atoms in total. The number of hydrogen-bond donors (Lipinski definition) is 3. The Kier molecular flexibility index (Phi) is 5.78. The van der Waals surface area contributed by atoms with Crippen molar-refractivity contribution in [3.05, 3.63) is 29.8 Å². The molecule has 0 aliphatic carbocycles. The minimum atomic E-state index is -0.826. The molecule has 0 aliphatic rings. The number of amides is 2. The average Bonchev–Trinajstić information content (AvgIpc) is 2.44. The zero-order valence-corrected chi connectivity index (χ0v) is 13.8. The number of anilines is 1. The van der Waals surface area contributed by atoms with Crippen LogP contribution >= 0.6 is 0 Å². The molecule has 4 heteroatoms. The van der Waals surface area contributed by atoms with Crippen LogP contribution in [0.15, 0.2) is 24.3 Å². The lowest BCUT2D eigenvalue weighted by molar-refractivity contribution is 0.0354. The molecule has 1 aromatic carbocycles. The summed E-state index contributed by atoms with van der Waals surface area (Å²) in [5.74, 6) is 0. The van der Waals surface area contributed by atoms with Crippen LogP contribution in [0.25, 0.3) is 0 Å². The highest BCUT2D eigenvalue weighted by Crippen LogP contribution is 2.23. The molecule has 0 aliphatic heterocycles. The lowest BCUT2D eigenvalue weighted by atomic mass is 9.87. The second kappa shape index (κ2) is 6.94. The monoisotopic (exact) mass is 292 g/mol. The number of rotatable bonds is 5. The van der Waals surface area contributed by atoms with Gasteiger partial charge in [0.2, 0.25) is 0 Å². The Hall–Kier alpha value is -1.55. The Morgan fingerprint density at radius 2 is 1.62 bits per heavy atom. The molecule has 118 valence electrons. The van der Waals surface area contributed by atoms with Gasteiger partial charge in [0.1, 0.15) is 0 Å². The van der Waals surface area contributed by atoms with Crippen LogP contribution in [0.1, 0.15) is 53.0 Å². The molecular formula is C17H28N2O2. The first-order valence-corrected chi connectivity index (χ1v) is 7.58. The lowest BCUT2D eigenvalue weighted by Crippen LogP contribution is -2.43. The van der Waals surface area contributed by atoms with Crippen molar-refractivity contribution >= 4 is 11.7 Å². The minimum Gasteiger partial charge on any atom is -0.388 e. The van der Waals surface area contributed by atoms with Crippen molar-refractivity contribution in [2.24, 2.45) is 0 Å². The molecule has 0 radical (unpaired) electrons. The van der Waals surface area contributed by atoms with E-state index in [2.05, 4.69) is 31.4 Å². The molecule has 2 amide bonds. The van der Waals surface area contributed by atoms with Crippen LogP contribution in [0, 0.1) is 0 Å². The van der Waals surface area contributed by atoms with E-state index >= 15 is 0 Å². The van der Waals surface area contributed by atoms with Crippen LogP contribution < -0.4 is 10.6 Å². The summed E-state index contributed by atoms with van der Waals surface area (Å²) < 4.78 is 0. The molecule has 0 heterocycles. The Morgan fingerprint density at radius 1 is 1.10 bits per heavy atom. The number of aliphatic hydroxyl groups is 1. The maximum absolute atomic E-state index is 11.8. The van der Waals surface area contributed by atoms with Crippen LogP contribution in [0.4, 0.5) is 10.5 Å². The number of urea groups is 1. The predicted octanol–water partition coefficient (Wildman–Crippen LogP) is 3.66. The third-order valence-corrected chi connectivity index (χ3v) is 3.90. The molecule has 0 aromatic heterocycles. The van der Waals surface area contributed by atoms with Crippen LogP contribution in [0.3, 0.4) is 0 Å². The standard InChI is InChI=1S/C17H28N2O2/c1-6-17(21,7-2)12-18-15(20)19-14-10-8-13(9-11-14)16(3,4)5/h8-11,21H,6-7,12H2,1-5H3,(H2,18,19,20). The Balaban J connectivity index is 2.56.